The number of aryl methyl sites for hydroxylation is 1. The highest BCUT2D eigenvalue weighted by Gasteiger charge is 2.36. The zero-order chi connectivity index (χ0) is 23.7. The summed E-state index contributed by atoms with van der Waals surface area (Å²) in [7, 11) is 1.69. The van der Waals surface area contributed by atoms with Crippen LogP contribution in [0.4, 0.5) is 5.82 Å². The summed E-state index contributed by atoms with van der Waals surface area (Å²) in [5.74, 6) is 0.576. The first-order valence-corrected chi connectivity index (χ1v) is 12.2. The summed E-state index contributed by atoms with van der Waals surface area (Å²) in [6.45, 7) is 8.22. The Hall–Kier alpha value is -2.76. The van der Waals surface area contributed by atoms with Crippen molar-refractivity contribution in [1.82, 2.24) is 19.4 Å². The van der Waals surface area contributed by atoms with Gasteiger partial charge in [0.05, 0.1) is 5.52 Å². The third kappa shape index (κ3) is 4.40. The largest absolute Gasteiger partial charge is 0.349 e. The van der Waals surface area contributed by atoms with E-state index in [0.29, 0.717) is 34.6 Å². The summed E-state index contributed by atoms with van der Waals surface area (Å²) in [5.41, 5.74) is 2.62. The summed E-state index contributed by atoms with van der Waals surface area (Å²) in [5, 5.41) is 9.38. The predicted molar refractivity (Wildman–Crippen MR) is 134 cm³/mol. The summed E-state index contributed by atoms with van der Waals surface area (Å²) in [4.78, 5) is 26.4. The standard InChI is InChI=1S/C25H29BrN6O/c1-5-20-15-31(16(3)14-32(20)21(6-2)17-7-9-18(26)10-8-17)24-23-22(30(4)25(33)29-24)12-11-19(13-27)28-23/h7-12,16,20-21H,5-6,14-15H2,1-4H3/t16-,20?,21?/m0/s1. The van der Waals surface area contributed by atoms with Crippen molar-refractivity contribution < 1.29 is 0 Å². The van der Waals surface area contributed by atoms with E-state index in [4.69, 9.17) is 0 Å². The zero-order valence-electron chi connectivity index (χ0n) is 19.5. The van der Waals surface area contributed by atoms with Crippen LogP contribution in [0, 0.1) is 11.3 Å². The van der Waals surface area contributed by atoms with Crippen molar-refractivity contribution in [3.63, 3.8) is 0 Å². The number of rotatable bonds is 5. The number of benzene rings is 1. The Morgan fingerprint density at radius 1 is 1.15 bits per heavy atom. The molecule has 0 aliphatic carbocycles. The Morgan fingerprint density at radius 2 is 1.88 bits per heavy atom. The van der Waals surface area contributed by atoms with Gasteiger partial charge in [-0.25, -0.2) is 9.78 Å². The molecule has 3 aromatic rings. The molecular weight excluding hydrogens is 480 g/mol. The van der Waals surface area contributed by atoms with Crippen LogP contribution in [-0.4, -0.2) is 44.6 Å². The molecular formula is C25H29BrN6O. The molecule has 8 heteroatoms. The Balaban J connectivity index is 1.73. The number of pyridine rings is 1. The van der Waals surface area contributed by atoms with Gasteiger partial charge < -0.3 is 4.90 Å². The van der Waals surface area contributed by atoms with Crippen molar-refractivity contribution in [3.8, 4) is 6.07 Å². The Bertz CT molecular complexity index is 1250. The third-order valence-corrected chi connectivity index (χ3v) is 7.25. The van der Waals surface area contributed by atoms with E-state index < -0.39 is 0 Å². The fourth-order valence-electron chi connectivity index (χ4n) is 4.92. The van der Waals surface area contributed by atoms with Gasteiger partial charge in [-0.3, -0.25) is 9.47 Å². The van der Waals surface area contributed by atoms with Crippen molar-refractivity contribution in [2.24, 2.45) is 7.05 Å². The van der Waals surface area contributed by atoms with Gasteiger partial charge in [-0.2, -0.15) is 10.2 Å². The molecule has 1 saturated heterocycles. The molecule has 2 unspecified atom stereocenters. The second-order valence-corrected chi connectivity index (χ2v) is 9.60. The Labute approximate surface area is 202 Å². The number of hydrogen-bond donors (Lipinski definition) is 0. The molecule has 0 spiro atoms. The summed E-state index contributed by atoms with van der Waals surface area (Å²) < 4.78 is 2.57. The molecule has 0 bridgehead atoms. The number of fused-ring (bicyclic) bond motifs is 1. The SMILES string of the molecule is CCC1CN(c2nc(=O)n(C)c3ccc(C#N)nc23)[C@@H](C)CN1C(CC)c1ccc(Br)cc1. The number of piperazine rings is 1. The van der Waals surface area contributed by atoms with Crippen LogP contribution < -0.4 is 10.6 Å². The molecule has 0 radical (unpaired) electrons. The average Bonchev–Trinajstić information content (AvgIpc) is 2.83. The number of anilines is 1. The number of nitriles is 1. The molecule has 1 fully saturated rings. The normalized spacial score (nSPS) is 20.1. The maximum Gasteiger partial charge on any atom is 0.349 e. The molecule has 0 saturated carbocycles. The fourth-order valence-corrected chi connectivity index (χ4v) is 5.19. The second kappa shape index (κ2) is 9.62. The lowest BCUT2D eigenvalue weighted by Gasteiger charge is -2.49. The molecule has 1 aromatic carbocycles. The van der Waals surface area contributed by atoms with Gasteiger partial charge in [-0.05, 0) is 49.6 Å². The minimum absolute atomic E-state index is 0.132. The van der Waals surface area contributed by atoms with E-state index in [1.165, 1.54) is 10.1 Å². The predicted octanol–water partition coefficient (Wildman–Crippen LogP) is 4.40. The number of nitrogens with zero attached hydrogens (tertiary/aromatic N) is 6. The highest BCUT2D eigenvalue weighted by atomic mass is 79.9. The summed E-state index contributed by atoms with van der Waals surface area (Å²) >= 11 is 3.54. The molecule has 0 amide bonds. The molecule has 1 aliphatic rings. The highest BCUT2D eigenvalue weighted by Crippen LogP contribution is 2.34. The third-order valence-electron chi connectivity index (χ3n) is 6.72. The Kier molecular flexibility index (Phi) is 6.82. The van der Waals surface area contributed by atoms with Gasteiger partial charge in [0, 0.05) is 42.7 Å². The van der Waals surface area contributed by atoms with Gasteiger partial charge >= 0.3 is 5.69 Å². The fraction of sp³-hybridized carbons (Fsp3) is 0.440. The molecule has 4 rings (SSSR count). The molecule has 172 valence electrons. The van der Waals surface area contributed by atoms with Gasteiger partial charge in [0.15, 0.2) is 5.82 Å². The van der Waals surface area contributed by atoms with Gasteiger partial charge in [-0.15, -0.1) is 0 Å². The smallest absolute Gasteiger partial charge is 0.349 e. The summed E-state index contributed by atoms with van der Waals surface area (Å²) in [6, 6.07) is 14.9. The topological polar surface area (TPSA) is 78.0 Å². The van der Waals surface area contributed by atoms with Crippen molar-refractivity contribution in [3.05, 3.63) is 62.6 Å². The van der Waals surface area contributed by atoms with E-state index in [0.717, 1.165) is 30.4 Å². The quantitative estimate of drug-likeness (QED) is 0.508. The number of halogens is 1. The van der Waals surface area contributed by atoms with Crippen LogP contribution in [0.25, 0.3) is 11.0 Å². The maximum absolute atomic E-state index is 12.7. The van der Waals surface area contributed by atoms with Crippen LogP contribution in [-0.2, 0) is 7.05 Å². The minimum Gasteiger partial charge on any atom is -0.349 e. The summed E-state index contributed by atoms with van der Waals surface area (Å²) in [6.07, 6.45) is 2.00. The van der Waals surface area contributed by atoms with Gasteiger partial charge in [0.1, 0.15) is 17.3 Å². The van der Waals surface area contributed by atoms with Gasteiger partial charge in [-0.1, -0.05) is 41.9 Å². The van der Waals surface area contributed by atoms with Crippen molar-refractivity contribution >= 4 is 32.8 Å². The average molecular weight is 509 g/mol. The lowest BCUT2D eigenvalue weighted by atomic mass is 9.96. The molecule has 1 aliphatic heterocycles. The number of aromatic nitrogens is 3. The monoisotopic (exact) mass is 508 g/mol. The lowest BCUT2D eigenvalue weighted by molar-refractivity contribution is 0.0939. The van der Waals surface area contributed by atoms with E-state index in [-0.39, 0.29) is 11.7 Å². The van der Waals surface area contributed by atoms with E-state index in [1.807, 2.05) is 0 Å². The zero-order valence-corrected chi connectivity index (χ0v) is 21.1. The van der Waals surface area contributed by atoms with Crippen LogP contribution in [0.15, 0.2) is 45.7 Å². The second-order valence-electron chi connectivity index (χ2n) is 8.69. The first-order chi connectivity index (χ1) is 15.9. The van der Waals surface area contributed by atoms with E-state index in [9.17, 15) is 10.1 Å². The van der Waals surface area contributed by atoms with Crippen LogP contribution in [0.5, 0.6) is 0 Å². The van der Waals surface area contributed by atoms with E-state index in [2.05, 4.69) is 86.8 Å². The minimum atomic E-state index is -0.312. The Morgan fingerprint density at radius 3 is 2.52 bits per heavy atom. The van der Waals surface area contributed by atoms with Crippen LogP contribution in [0.1, 0.15) is 50.9 Å². The number of hydrogen-bond acceptors (Lipinski definition) is 6. The van der Waals surface area contributed by atoms with E-state index >= 15 is 0 Å². The molecule has 0 N–H and O–H groups in total. The van der Waals surface area contributed by atoms with Crippen LogP contribution in [0.2, 0.25) is 0 Å². The van der Waals surface area contributed by atoms with Crippen LogP contribution in [0.3, 0.4) is 0 Å². The van der Waals surface area contributed by atoms with Crippen molar-refractivity contribution in [1.29, 1.82) is 5.26 Å². The lowest BCUT2D eigenvalue weighted by Crippen LogP contribution is -2.58. The molecule has 3 atom stereocenters. The first kappa shape index (κ1) is 23.4. The molecule has 7 nitrogen and oxygen atoms in total. The maximum atomic E-state index is 12.7. The van der Waals surface area contributed by atoms with E-state index in [1.54, 1.807) is 19.2 Å². The molecule has 2 aromatic heterocycles. The van der Waals surface area contributed by atoms with Crippen LogP contribution >= 0.6 is 15.9 Å². The highest BCUT2D eigenvalue weighted by molar-refractivity contribution is 9.10. The molecule has 33 heavy (non-hydrogen) atoms. The van der Waals surface area contributed by atoms with Gasteiger partial charge in [0.2, 0.25) is 0 Å². The molecule has 3 heterocycles. The van der Waals surface area contributed by atoms with Gasteiger partial charge in [0.25, 0.3) is 0 Å². The first-order valence-electron chi connectivity index (χ1n) is 11.4. The van der Waals surface area contributed by atoms with Crippen molar-refractivity contribution in [2.45, 2.75) is 51.7 Å². The van der Waals surface area contributed by atoms with Crippen molar-refractivity contribution in [2.75, 3.05) is 18.0 Å².